The van der Waals surface area contributed by atoms with Crippen LogP contribution in [0.15, 0.2) is 24.3 Å². The zero-order chi connectivity index (χ0) is 11.4. The van der Waals surface area contributed by atoms with E-state index in [1.165, 1.54) is 0 Å². The summed E-state index contributed by atoms with van der Waals surface area (Å²) in [5.74, 6) is 0.621. The predicted octanol–water partition coefficient (Wildman–Crippen LogP) is 1.63. The number of benzene rings is 1. The molecule has 2 rings (SSSR count). The first kappa shape index (κ1) is 11.9. The molecule has 4 heteroatoms. The van der Waals surface area contributed by atoms with Crippen LogP contribution in [0.5, 0.6) is 0 Å². The molecule has 1 amide bonds. The van der Waals surface area contributed by atoms with Gasteiger partial charge >= 0.3 is 0 Å². The molecule has 86 valence electrons. The van der Waals surface area contributed by atoms with E-state index in [2.05, 4.69) is 33.2 Å². The normalized spacial score (nSPS) is 19.7. The fourth-order valence-corrected chi connectivity index (χ4v) is 2.19. The van der Waals surface area contributed by atoms with Crippen LogP contribution in [0.1, 0.15) is 16.8 Å². The Morgan fingerprint density at radius 2 is 2.19 bits per heavy atom. The largest absolute Gasteiger partial charge is 0.352 e. The zero-order valence-electron chi connectivity index (χ0n) is 9.00. The van der Waals surface area contributed by atoms with Crippen molar-refractivity contribution in [3.8, 4) is 0 Å². The first-order valence-corrected chi connectivity index (χ1v) is 6.58. The highest BCUT2D eigenvalue weighted by Gasteiger charge is 2.15. The van der Waals surface area contributed by atoms with Crippen molar-refractivity contribution in [2.75, 3.05) is 19.6 Å². The van der Waals surface area contributed by atoms with Gasteiger partial charge in [-0.2, -0.15) is 0 Å². The number of hydrogen-bond acceptors (Lipinski definition) is 2. The molecule has 2 N–H and O–H groups in total. The highest BCUT2D eigenvalue weighted by Crippen LogP contribution is 2.08. The summed E-state index contributed by atoms with van der Waals surface area (Å²) >= 11 is 2.23. The SMILES string of the molecule is O=C(NCC1CCNC1)c1ccc(I)cc1. The molecule has 1 aliphatic heterocycles. The van der Waals surface area contributed by atoms with Crippen LogP contribution in [0.25, 0.3) is 0 Å². The quantitative estimate of drug-likeness (QED) is 0.827. The van der Waals surface area contributed by atoms with Gasteiger partial charge in [-0.25, -0.2) is 0 Å². The maximum Gasteiger partial charge on any atom is 0.251 e. The number of amides is 1. The fraction of sp³-hybridized carbons (Fsp3) is 0.417. The lowest BCUT2D eigenvalue weighted by Crippen LogP contribution is -2.30. The molecule has 1 aliphatic rings. The van der Waals surface area contributed by atoms with Gasteiger partial charge in [0.25, 0.3) is 5.91 Å². The molecule has 0 aliphatic carbocycles. The Balaban J connectivity index is 1.85. The lowest BCUT2D eigenvalue weighted by Gasteiger charge is -2.09. The van der Waals surface area contributed by atoms with E-state index in [-0.39, 0.29) is 5.91 Å². The minimum atomic E-state index is 0.0308. The van der Waals surface area contributed by atoms with Crippen LogP contribution in [0.3, 0.4) is 0 Å². The third kappa shape index (κ3) is 3.18. The van der Waals surface area contributed by atoms with Crippen molar-refractivity contribution in [2.45, 2.75) is 6.42 Å². The highest BCUT2D eigenvalue weighted by molar-refractivity contribution is 14.1. The van der Waals surface area contributed by atoms with Gasteiger partial charge in [0, 0.05) is 15.7 Å². The van der Waals surface area contributed by atoms with E-state index in [9.17, 15) is 4.79 Å². The van der Waals surface area contributed by atoms with Gasteiger partial charge in [0.05, 0.1) is 0 Å². The Morgan fingerprint density at radius 1 is 1.44 bits per heavy atom. The summed E-state index contributed by atoms with van der Waals surface area (Å²) in [5.41, 5.74) is 0.742. The molecule has 1 saturated heterocycles. The summed E-state index contributed by atoms with van der Waals surface area (Å²) in [5, 5.41) is 6.27. The standard InChI is InChI=1S/C12H15IN2O/c13-11-3-1-10(2-4-11)12(16)15-8-9-5-6-14-7-9/h1-4,9,14H,5-8H2,(H,15,16). The van der Waals surface area contributed by atoms with Crippen LogP contribution < -0.4 is 10.6 Å². The van der Waals surface area contributed by atoms with Crippen molar-refractivity contribution < 1.29 is 4.79 Å². The second-order valence-corrected chi connectivity index (χ2v) is 5.32. The maximum absolute atomic E-state index is 11.8. The maximum atomic E-state index is 11.8. The summed E-state index contributed by atoms with van der Waals surface area (Å²) in [6.45, 7) is 2.87. The zero-order valence-corrected chi connectivity index (χ0v) is 11.2. The van der Waals surface area contributed by atoms with Gasteiger partial charge < -0.3 is 10.6 Å². The second kappa shape index (κ2) is 5.63. The summed E-state index contributed by atoms with van der Waals surface area (Å²) in [6.07, 6.45) is 1.16. The van der Waals surface area contributed by atoms with Crippen molar-refractivity contribution in [1.82, 2.24) is 10.6 Å². The number of rotatable bonds is 3. The molecule has 0 radical (unpaired) electrons. The van der Waals surface area contributed by atoms with E-state index < -0.39 is 0 Å². The van der Waals surface area contributed by atoms with E-state index >= 15 is 0 Å². The van der Waals surface area contributed by atoms with E-state index in [4.69, 9.17) is 0 Å². The van der Waals surface area contributed by atoms with Gasteiger partial charge in [-0.15, -0.1) is 0 Å². The first-order chi connectivity index (χ1) is 7.75. The fourth-order valence-electron chi connectivity index (χ4n) is 1.83. The molecular formula is C12H15IN2O. The lowest BCUT2D eigenvalue weighted by atomic mass is 10.1. The molecule has 0 spiro atoms. The first-order valence-electron chi connectivity index (χ1n) is 5.50. The lowest BCUT2D eigenvalue weighted by molar-refractivity contribution is 0.0948. The second-order valence-electron chi connectivity index (χ2n) is 4.08. The molecule has 1 unspecified atom stereocenters. The Hall–Kier alpha value is -0.620. The molecule has 0 bridgehead atoms. The summed E-state index contributed by atoms with van der Waals surface area (Å²) < 4.78 is 1.15. The van der Waals surface area contributed by atoms with Crippen molar-refractivity contribution >= 4 is 28.5 Å². The Kier molecular flexibility index (Phi) is 4.17. The molecule has 1 aromatic carbocycles. The van der Waals surface area contributed by atoms with E-state index in [0.717, 1.165) is 35.2 Å². The van der Waals surface area contributed by atoms with Gasteiger partial charge in [-0.1, -0.05) is 0 Å². The van der Waals surface area contributed by atoms with Gasteiger partial charge in [0.15, 0.2) is 0 Å². The number of nitrogens with one attached hydrogen (secondary N) is 2. The number of halogens is 1. The molecule has 1 atom stereocenters. The van der Waals surface area contributed by atoms with Crippen LogP contribution in [-0.4, -0.2) is 25.5 Å². The van der Waals surface area contributed by atoms with Crippen molar-refractivity contribution in [3.05, 3.63) is 33.4 Å². The molecule has 16 heavy (non-hydrogen) atoms. The third-order valence-electron chi connectivity index (χ3n) is 2.82. The average Bonchev–Trinajstić information content (AvgIpc) is 2.80. The van der Waals surface area contributed by atoms with Crippen LogP contribution in [0.4, 0.5) is 0 Å². The van der Waals surface area contributed by atoms with E-state index in [1.54, 1.807) is 0 Å². The van der Waals surface area contributed by atoms with Crippen molar-refractivity contribution in [1.29, 1.82) is 0 Å². The van der Waals surface area contributed by atoms with Crippen molar-refractivity contribution in [2.24, 2.45) is 5.92 Å². The van der Waals surface area contributed by atoms with Gasteiger partial charge in [0.2, 0.25) is 0 Å². The van der Waals surface area contributed by atoms with Gasteiger partial charge in [0.1, 0.15) is 0 Å². The smallest absolute Gasteiger partial charge is 0.251 e. The average molecular weight is 330 g/mol. The van der Waals surface area contributed by atoms with Crippen molar-refractivity contribution in [3.63, 3.8) is 0 Å². The molecule has 1 aromatic rings. The molecule has 1 fully saturated rings. The number of carbonyl (C=O) groups excluding carboxylic acids is 1. The van der Waals surface area contributed by atoms with Gasteiger partial charge in [-0.3, -0.25) is 4.79 Å². The Morgan fingerprint density at radius 3 is 2.81 bits per heavy atom. The van der Waals surface area contributed by atoms with Gasteiger partial charge in [-0.05, 0) is 72.3 Å². The van der Waals surface area contributed by atoms with Crippen LogP contribution in [0.2, 0.25) is 0 Å². The number of hydrogen-bond donors (Lipinski definition) is 2. The molecule has 0 saturated carbocycles. The minimum absolute atomic E-state index is 0.0308. The molecule has 0 aromatic heterocycles. The van der Waals surface area contributed by atoms with E-state index in [1.807, 2.05) is 24.3 Å². The van der Waals surface area contributed by atoms with E-state index in [0.29, 0.717) is 5.92 Å². The topological polar surface area (TPSA) is 41.1 Å². The predicted molar refractivity (Wildman–Crippen MR) is 72.5 cm³/mol. The molecular weight excluding hydrogens is 315 g/mol. The molecule has 3 nitrogen and oxygen atoms in total. The monoisotopic (exact) mass is 330 g/mol. The molecule has 1 heterocycles. The minimum Gasteiger partial charge on any atom is -0.352 e. The Labute approximate surface area is 109 Å². The third-order valence-corrected chi connectivity index (χ3v) is 3.54. The van der Waals surface area contributed by atoms with Crippen LogP contribution >= 0.6 is 22.6 Å². The van der Waals surface area contributed by atoms with Crippen LogP contribution in [0, 0.1) is 9.49 Å². The Bertz CT molecular complexity index is 358. The van der Waals surface area contributed by atoms with Crippen LogP contribution in [-0.2, 0) is 0 Å². The summed E-state index contributed by atoms with van der Waals surface area (Å²) in [6, 6.07) is 7.63. The summed E-state index contributed by atoms with van der Waals surface area (Å²) in [7, 11) is 0. The number of carbonyl (C=O) groups is 1. The highest BCUT2D eigenvalue weighted by atomic mass is 127. The summed E-state index contributed by atoms with van der Waals surface area (Å²) in [4.78, 5) is 11.8.